The highest BCUT2D eigenvalue weighted by atomic mass is 16.1. The van der Waals surface area contributed by atoms with Crippen LogP contribution in [0.25, 0.3) is 0 Å². The summed E-state index contributed by atoms with van der Waals surface area (Å²) >= 11 is 0. The number of Topliss-reactive ketones (excluding diaryl/α,β-unsaturated/α-hetero) is 1. The highest BCUT2D eigenvalue weighted by molar-refractivity contribution is 6.00. The van der Waals surface area contributed by atoms with Crippen LogP contribution in [0.2, 0.25) is 0 Å². The van der Waals surface area contributed by atoms with Crippen molar-refractivity contribution < 1.29 is 4.79 Å². The minimum absolute atomic E-state index is 0.0926. The van der Waals surface area contributed by atoms with Crippen LogP contribution < -0.4 is 0 Å². The van der Waals surface area contributed by atoms with E-state index < -0.39 is 0 Å². The second-order valence-corrected chi connectivity index (χ2v) is 4.50. The zero-order valence-corrected chi connectivity index (χ0v) is 9.38. The first-order valence-electron chi connectivity index (χ1n) is 4.67. The first-order chi connectivity index (χ1) is 6.32. The molecule has 1 heterocycles. The summed E-state index contributed by atoms with van der Waals surface area (Å²) in [7, 11) is 0. The van der Waals surface area contributed by atoms with E-state index in [0.29, 0.717) is 11.4 Å². The van der Waals surface area contributed by atoms with Gasteiger partial charge < -0.3 is 0 Å². The summed E-state index contributed by atoms with van der Waals surface area (Å²) in [6.07, 6.45) is 1.62. The molecule has 1 aromatic heterocycles. The lowest BCUT2D eigenvalue weighted by atomic mass is 9.86. The van der Waals surface area contributed by atoms with Gasteiger partial charge in [-0.15, -0.1) is 0 Å². The highest BCUT2D eigenvalue weighted by Crippen LogP contribution is 2.21. The molecular weight excluding hydrogens is 176 g/mol. The third-order valence-corrected chi connectivity index (χ3v) is 2.03. The zero-order valence-electron chi connectivity index (χ0n) is 9.38. The fraction of sp³-hybridized carbons (Fsp3) is 0.545. The Morgan fingerprint density at radius 1 is 1.29 bits per heavy atom. The summed E-state index contributed by atoms with van der Waals surface area (Å²) in [5, 5.41) is 0. The van der Waals surface area contributed by atoms with Crippen LogP contribution in [-0.2, 0) is 0 Å². The average molecular weight is 192 g/mol. The van der Waals surface area contributed by atoms with Crippen LogP contribution in [0.4, 0.5) is 0 Å². The van der Waals surface area contributed by atoms with E-state index in [1.54, 1.807) is 6.20 Å². The minimum Gasteiger partial charge on any atom is -0.293 e. The number of rotatable bonds is 1. The number of nitrogens with zero attached hydrogens (tertiary/aromatic N) is 2. The maximum atomic E-state index is 11.9. The van der Waals surface area contributed by atoms with Crippen LogP contribution in [0, 0.1) is 19.3 Å². The number of carbonyl (C=O) groups is 1. The second-order valence-electron chi connectivity index (χ2n) is 4.50. The molecule has 0 aliphatic carbocycles. The van der Waals surface area contributed by atoms with Gasteiger partial charge in [0.15, 0.2) is 5.78 Å². The second kappa shape index (κ2) is 3.48. The maximum Gasteiger partial charge on any atom is 0.171 e. The molecule has 0 aromatic carbocycles. The van der Waals surface area contributed by atoms with Gasteiger partial charge in [0, 0.05) is 11.6 Å². The molecule has 76 valence electrons. The molecule has 0 atom stereocenters. The quantitative estimate of drug-likeness (QED) is 0.641. The molecule has 0 N–H and O–H groups in total. The average Bonchev–Trinajstić information content (AvgIpc) is 2.01. The van der Waals surface area contributed by atoms with Gasteiger partial charge in [-0.1, -0.05) is 20.8 Å². The van der Waals surface area contributed by atoms with Gasteiger partial charge in [0.1, 0.15) is 5.82 Å². The van der Waals surface area contributed by atoms with Gasteiger partial charge in [-0.25, -0.2) is 9.97 Å². The van der Waals surface area contributed by atoms with Crippen LogP contribution in [0.5, 0.6) is 0 Å². The van der Waals surface area contributed by atoms with E-state index in [2.05, 4.69) is 9.97 Å². The lowest BCUT2D eigenvalue weighted by Crippen LogP contribution is -2.22. The summed E-state index contributed by atoms with van der Waals surface area (Å²) in [4.78, 5) is 20.1. The van der Waals surface area contributed by atoms with Gasteiger partial charge in [0.25, 0.3) is 0 Å². The first-order valence-corrected chi connectivity index (χ1v) is 4.67. The highest BCUT2D eigenvalue weighted by Gasteiger charge is 2.24. The molecule has 0 saturated heterocycles. The minimum atomic E-state index is -0.372. The number of carbonyl (C=O) groups excluding carboxylic acids is 1. The first kappa shape index (κ1) is 10.8. The summed E-state index contributed by atoms with van der Waals surface area (Å²) < 4.78 is 0. The van der Waals surface area contributed by atoms with Gasteiger partial charge in [0.2, 0.25) is 0 Å². The van der Waals surface area contributed by atoms with Gasteiger partial charge in [-0.3, -0.25) is 4.79 Å². The molecule has 14 heavy (non-hydrogen) atoms. The fourth-order valence-electron chi connectivity index (χ4n) is 1.21. The lowest BCUT2D eigenvalue weighted by molar-refractivity contribution is 0.0856. The fourth-order valence-corrected chi connectivity index (χ4v) is 1.21. The van der Waals surface area contributed by atoms with E-state index >= 15 is 0 Å². The molecular formula is C11H16N2O. The number of aromatic nitrogens is 2. The molecule has 3 nitrogen and oxygen atoms in total. The van der Waals surface area contributed by atoms with Crippen molar-refractivity contribution in [3.63, 3.8) is 0 Å². The Hall–Kier alpha value is -1.25. The Labute approximate surface area is 84.6 Å². The van der Waals surface area contributed by atoms with E-state index in [1.165, 1.54) is 0 Å². The Kier molecular flexibility index (Phi) is 2.69. The van der Waals surface area contributed by atoms with Crippen LogP contribution in [0.3, 0.4) is 0 Å². The summed E-state index contributed by atoms with van der Waals surface area (Å²) in [5.41, 5.74) is 1.02. The largest absolute Gasteiger partial charge is 0.293 e. The number of hydrogen-bond donors (Lipinski definition) is 0. The van der Waals surface area contributed by atoms with Crippen LogP contribution >= 0.6 is 0 Å². The van der Waals surface area contributed by atoms with Crippen LogP contribution in [0.1, 0.15) is 42.6 Å². The number of aryl methyl sites for hydroxylation is 2. The SMILES string of the molecule is Cc1ncc(C(=O)C(C)(C)C)c(C)n1. The molecule has 0 saturated carbocycles. The van der Waals surface area contributed by atoms with Crippen molar-refractivity contribution in [1.29, 1.82) is 0 Å². The van der Waals surface area contributed by atoms with E-state index in [0.717, 1.165) is 5.69 Å². The van der Waals surface area contributed by atoms with Crippen molar-refractivity contribution in [2.75, 3.05) is 0 Å². The van der Waals surface area contributed by atoms with Crippen LogP contribution in [0.15, 0.2) is 6.20 Å². The van der Waals surface area contributed by atoms with Gasteiger partial charge in [0.05, 0.1) is 11.3 Å². The monoisotopic (exact) mass is 192 g/mol. The standard InChI is InChI=1S/C11H16N2O/c1-7-9(6-12-8(2)13-7)10(14)11(3,4)5/h6H,1-5H3. The Morgan fingerprint density at radius 2 is 1.86 bits per heavy atom. The zero-order chi connectivity index (χ0) is 10.9. The summed E-state index contributed by atoms with van der Waals surface area (Å²) in [6, 6.07) is 0. The van der Waals surface area contributed by atoms with Crippen molar-refractivity contribution in [3.05, 3.63) is 23.3 Å². The topological polar surface area (TPSA) is 42.9 Å². The van der Waals surface area contributed by atoms with Crippen LogP contribution in [-0.4, -0.2) is 15.8 Å². The summed E-state index contributed by atoms with van der Waals surface area (Å²) in [5.74, 6) is 0.794. The third-order valence-electron chi connectivity index (χ3n) is 2.03. The molecule has 0 spiro atoms. The smallest absolute Gasteiger partial charge is 0.171 e. The Balaban J connectivity index is 3.15. The lowest BCUT2D eigenvalue weighted by Gasteiger charge is -2.17. The molecule has 3 heteroatoms. The maximum absolute atomic E-state index is 11.9. The normalized spacial score (nSPS) is 11.5. The van der Waals surface area contributed by atoms with Crippen molar-refractivity contribution >= 4 is 5.78 Å². The van der Waals surface area contributed by atoms with E-state index in [-0.39, 0.29) is 11.2 Å². The molecule has 1 aromatic rings. The molecule has 0 fully saturated rings. The number of hydrogen-bond acceptors (Lipinski definition) is 3. The van der Waals surface area contributed by atoms with E-state index in [1.807, 2.05) is 34.6 Å². The van der Waals surface area contributed by atoms with E-state index in [9.17, 15) is 4.79 Å². The van der Waals surface area contributed by atoms with Crippen molar-refractivity contribution in [2.24, 2.45) is 5.41 Å². The van der Waals surface area contributed by atoms with Gasteiger partial charge in [-0.2, -0.15) is 0 Å². The molecule has 0 radical (unpaired) electrons. The molecule has 1 rings (SSSR count). The Morgan fingerprint density at radius 3 is 2.29 bits per heavy atom. The van der Waals surface area contributed by atoms with E-state index in [4.69, 9.17) is 0 Å². The predicted molar refractivity (Wildman–Crippen MR) is 55.3 cm³/mol. The van der Waals surface area contributed by atoms with Crippen molar-refractivity contribution in [3.8, 4) is 0 Å². The van der Waals surface area contributed by atoms with Crippen molar-refractivity contribution in [2.45, 2.75) is 34.6 Å². The number of ketones is 1. The Bertz CT molecular complexity index is 364. The van der Waals surface area contributed by atoms with Gasteiger partial charge in [-0.05, 0) is 13.8 Å². The molecule has 0 aliphatic heterocycles. The van der Waals surface area contributed by atoms with Crippen molar-refractivity contribution in [1.82, 2.24) is 9.97 Å². The van der Waals surface area contributed by atoms with Gasteiger partial charge >= 0.3 is 0 Å². The molecule has 0 bridgehead atoms. The summed E-state index contributed by atoms with van der Waals surface area (Å²) in [6.45, 7) is 9.35. The predicted octanol–water partition coefficient (Wildman–Crippen LogP) is 2.32. The molecule has 0 amide bonds. The molecule has 0 unspecified atom stereocenters. The molecule has 0 aliphatic rings. The third kappa shape index (κ3) is 2.16.